The molecule has 1 aromatic heterocycles. The Morgan fingerprint density at radius 3 is 2.36 bits per heavy atom. The van der Waals surface area contributed by atoms with E-state index in [4.69, 9.17) is 4.74 Å². The smallest absolute Gasteiger partial charge is 0.325 e. The van der Waals surface area contributed by atoms with Crippen molar-refractivity contribution >= 4 is 15.8 Å². The van der Waals surface area contributed by atoms with Gasteiger partial charge in [0.25, 0.3) is 0 Å². The Kier molecular flexibility index (Phi) is 5.57. The first kappa shape index (κ1) is 19.1. The van der Waals surface area contributed by atoms with Crippen LogP contribution in [0.2, 0.25) is 0 Å². The van der Waals surface area contributed by atoms with Crippen LogP contribution in [-0.2, 0) is 25.8 Å². The summed E-state index contributed by atoms with van der Waals surface area (Å²) < 4.78 is 44.3. The highest BCUT2D eigenvalue weighted by Gasteiger charge is 2.37. The van der Waals surface area contributed by atoms with Crippen LogP contribution in [0.15, 0.2) is 53.7 Å². The molecule has 0 saturated carbocycles. The fourth-order valence-corrected chi connectivity index (χ4v) is 3.77. The second-order valence-corrected chi connectivity index (χ2v) is 8.72. The number of carbonyl (C=O) groups excluding carboxylic acids is 1. The lowest BCUT2D eigenvalue weighted by molar-refractivity contribution is -0.154. The van der Waals surface area contributed by atoms with Crippen molar-refractivity contribution in [3.63, 3.8) is 0 Å². The van der Waals surface area contributed by atoms with Gasteiger partial charge in [-0.3, -0.25) is 9.78 Å². The number of sulfone groups is 1. The van der Waals surface area contributed by atoms with Gasteiger partial charge in [0.15, 0.2) is 15.1 Å². The number of carbonyl (C=O) groups is 1. The maximum absolute atomic E-state index is 13.1. The summed E-state index contributed by atoms with van der Waals surface area (Å²) in [6.45, 7) is 4.99. The Bertz CT molecular complexity index is 828. The van der Waals surface area contributed by atoms with Crippen LogP contribution in [0.3, 0.4) is 0 Å². The number of ether oxygens (including phenoxy) is 1. The fraction of sp³-hybridized carbons (Fsp3) is 0.333. The van der Waals surface area contributed by atoms with Crippen LogP contribution in [0, 0.1) is 5.82 Å². The third-order valence-corrected chi connectivity index (χ3v) is 5.37. The number of rotatable bonds is 5. The van der Waals surface area contributed by atoms with Gasteiger partial charge >= 0.3 is 5.97 Å². The van der Waals surface area contributed by atoms with E-state index in [1.165, 1.54) is 6.20 Å². The zero-order valence-corrected chi connectivity index (χ0v) is 15.1. The zero-order valence-electron chi connectivity index (χ0n) is 14.3. The molecule has 0 spiro atoms. The van der Waals surface area contributed by atoms with Crippen LogP contribution in [0.4, 0.5) is 4.39 Å². The molecule has 0 amide bonds. The number of halogens is 1. The van der Waals surface area contributed by atoms with Crippen molar-refractivity contribution in [1.29, 1.82) is 0 Å². The number of hydrogen-bond acceptors (Lipinski definition) is 5. The molecule has 7 heteroatoms. The molecule has 0 N–H and O–H groups in total. The molecular formula is C18H20FNO4S. The second kappa shape index (κ2) is 7.31. The van der Waals surface area contributed by atoms with Gasteiger partial charge in [0.1, 0.15) is 11.4 Å². The largest absolute Gasteiger partial charge is 0.459 e. The first-order valence-electron chi connectivity index (χ1n) is 7.71. The summed E-state index contributed by atoms with van der Waals surface area (Å²) in [4.78, 5) is 16.4. The molecule has 0 aliphatic carbocycles. The summed E-state index contributed by atoms with van der Waals surface area (Å²) in [5.41, 5.74) is -0.244. The van der Waals surface area contributed by atoms with Crippen molar-refractivity contribution in [3.05, 3.63) is 60.2 Å². The lowest BCUT2D eigenvalue weighted by atomic mass is 10.1. The van der Waals surface area contributed by atoms with Gasteiger partial charge in [-0.2, -0.15) is 0 Å². The highest BCUT2D eigenvalue weighted by atomic mass is 32.2. The number of hydrogen-bond donors (Lipinski definition) is 0. The van der Waals surface area contributed by atoms with Gasteiger partial charge in [0, 0.05) is 18.8 Å². The number of nitrogens with zero attached hydrogens (tertiary/aromatic N) is 1. The van der Waals surface area contributed by atoms with E-state index < -0.39 is 32.5 Å². The lowest BCUT2D eigenvalue weighted by Crippen LogP contribution is -2.38. The van der Waals surface area contributed by atoms with Gasteiger partial charge in [-0.15, -0.1) is 0 Å². The van der Waals surface area contributed by atoms with E-state index >= 15 is 0 Å². The van der Waals surface area contributed by atoms with E-state index in [0.29, 0.717) is 5.56 Å². The molecule has 0 saturated heterocycles. The minimum Gasteiger partial charge on any atom is -0.459 e. The summed E-state index contributed by atoms with van der Waals surface area (Å²) in [6.07, 6.45) is 2.97. The fourth-order valence-electron chi connectivity index (χ4n) is 2.21. The SMILES string of the molecule is CC(C)(C)OC(=O)C(Cc1cccnc1)S(=O)(=O)c1ccc(F)cc1. The molecule has 1 heterocycles. The third kappa shape index (κ3) is 5.09. The summed E-state index contributed by atoms with van der Waals surface area (Å²) in [5, 5.41) is -1.44. The molecule has 1 unspecified atom stereocenters. The minimum absolute atomic E-state index is 0.0809. The molecule has 134 valence electrons. The van der Waals surface area contributed by atoms with Crippen molar-refractivity contribution in [2.45, 2.75) is 42.9 Å². The second-order valence-electron chi connectivity index (χ2n) is 6.59. The number of pyridine rings is 1. The summed E-state index contributed by atoms with van der Waals surface area (Å²) >= 11 is 0. The van der Waals surface area contributed by atoms with Crippen LogP contribution in [0.5, 0.6) is 0 Å². The standard InChI is InChI=1S/C18H20FNO4S/c1-18(2,3)24-17(21)16(11-13-5-4-10-20-12-13)25(22,23)15-8-6-14(19)7-9-15/h4-10,12,16H,11H2,1-3H3. The average molecular weight is 365 g/mol. The Labute approximate surface area is 146 Å². The Balaban J connectivity index is 2.42. The van der Waals surface area contributed by atoms with E-state index in [1.54, 1.807) is 39.1 Å². The monoisotopic (exact) mass is 365 g/mol. The van der Waals surface area contributed by atoms with E-state index in [-0.39, 0.29) is 11.3 Å². The molecule has 0 fully saturated rings. The van der Waals surface area contributed by atoms with Crippen LogP contribution >= 0.6 is 0 Å². The first-order valence-corrected chi connectivity index (χ1v) is 9.25. The van der Waals surface area contributed by atoms with Crippen LogP contribution in [0.25, 0.3) is 0 Å². The Hall–Kier alpha value is -2.28. The van der Waals surface area contributed by atoms with E-state index in [0.717, 1.165) is 24.3 Å². The van der Waals surface area contributed by atoms with Gasteiger partial charge in [-0.05, 0) is 56.7 Å². The highest BCUT2D eigenvalue weighted by Crippen LogP contribution is 2.23. The van der Waals surface area contributed by atoms with Crippen molar-refractivity contribution in [1.82, 2.24) is 4.98 Å². The Morgan fingerprint density at radius 2 is 1.84 bits per heavy atom. The van der Waals surface area contributed by atoms with Crippen molar-refractivity contribution in [2.24, 2.45) is 0 Å². The summed E-state index contributed by atoms with van der Waals surface area (Å²) in [5.74, 6) is -1.40. The number of aromatic nitrogens is 1. The van der Waals surface area contributed by atoms with E-state index in [2.05, 4.69) is 4.98 Å². The molecule has 5 nitrogen and oxygen atoms in total. The molecule has 1 aromatic carbocycles. The minimum atomic E-state index is -4.06. The first-order chi connectivity index (χ1) is 11.6. The summed E-state index contributed by atoms with van der Waals surface area (Å²) in [7, 11) is -4.06. The van der Waals surface area contributed by atoms with Gasteiger partial charge in [-0.1, -0.05) is 6.07 Å². The lowest BCUT2D eigenvalue weighted by Gasteiger charge is -2.24. The Morgan fingerprint density at radius 1 is 1.20 bits per heavy atom. The maximum atomic E-state index is 13.1. The van der Waals surface area contributed by atoms with Gasteiger partial charge < -0.3 is 4.74 Å². The van der Waals surface area contributed by atoms with E-state index in [9.17, 15) is 17.6 Å². The van der Waals surface area contributed by atoms with Crippen LogP contribution in [0.1, 0.15) is 26.3 Å². The molecule has 0 aliphatic rings. The van der Waals surface area contributed by atoms with Crippen molar-refractivity contribution in [3.8, 4) is 0 Å². The number of benzene rings is 1. The molecule has 0 bridgehead atoms. The predicted molar refractivity (Wildman–Crippen MR) is 91.2 cm³/mol. The quantitative estimate of drug-likeness (QED) is 0.602. The van der Waals surface area contributed by atoms with Crippen molar-refractivity contribution in [2.75, 3.05) is 0 Å². The third-order valence-electron chi connectivity index (χ3n) is 3.33. The predicted octanol–water partition coefficient (Wildman–Crippen LogP) is 2.95. The molecular weight excluding hydrogens is 345 g/mol. The normalized spacial score (nSPS) is 13.3. The molecule has 1 atom stereocenters. The topological polar surface area (TPSA) is 73.3 Å². The maximum Gasteiger partial charge on any atom is 0.325 e. The average Bonchev–Trinajstić information content (AvgIpc) is 2.52. The van der Waals surface area contributed by atoms with Gasteiger partial charge in [0.2, 0.25) is 0 Å². The van der Waals surface area contributed by atoms with Crippen molar-refractivity contribution < 1.29 is 22.3 Å². The summed E-state index contributed by atoms with van der Waals surface area (Å²) in [6, 6.07) is 7.72. The molecule has 25 heavy (non-hydrogen) atoms. The number of esters is 1. The zero-order chi connectivity index (χ0) is 18.7. The van der Waals surface area contributed by atoms with Gasteiger partial charge in [-0.25, -0.2) is 12.8 Å². The molecule has 0 radical (unpaired) electrons. The van der Waals surface area contributed by atoms with E-state index in [1.807, 2.05) is 0 Å². The molecule has 2 rings (SSSR count). The van der Waals surface area contributed by atoms with Gasteiger partial charge in [0.05, 0.1) is 4.90 Å². The van der Waals surface area contributed by atoms with Crippen LogP contribution in [-0.4, -0.2) is 30.2 Å². The molecule has 2 aromatic rings. The highest BCUT2D eigenvalue weighted by molar-refractivity contribution is 7.92. The van der Waals surface area contributed by atoms with Crippen LogP contribution < -0.4 is 0 Å². The molecule has 0 aliphatic heterocycles.